The number of carbonyl (C=O) groups is 1. The summed E-state index contributed by atoms with van der Waals surface area (Å²) in [6, 6.07) is 11.3. The number of rotatable bonds is 5. The lowest BCUT2D eigenvalue weighted by molar-refractivity contribution is -0.122. The molecule has 0 aliphatic rings. The van der Waals surface area contributed by atoms with Crippen molar-refractivity contribution in [2.45, 2.75) is 18.9 Å². The van der Waals surface area contributed by atoms with Gasteiger partial charge in [0.05, 0.1) is 0 Å². The van der Waals surface area contributed by atoms with Crippen molar-refractivity contribution in [2.75, 3.05) is 5.32 Å². The van der Waals surface area contributed by atoms with E-state index in [9.17, 15) is 13.6 Å². The molecule has 1 unspecified atom stereocenters. The maximum absolute atomic E-state index is 13.5. The molecule has 0 aromatic heterocycles. The molecule has 0 saturated carbocycles. The van der Waals surface area contributed by atoms with Gasteiger partial charge in [-0.05, 0) is 48.4 Å². The lowest BCUT2D eigenvalue weighted by atomic mass is 9.86. The van der Waals surface area contributed by atoms with Gasteiger partial charge in [0.25, 0.3) is 0 Å². The summed E-state index contributed by atoms with van der Waals surface area (Å²) < 4.78 is 26.4. The second-order valence-corrected chi connectivity index (χ2v) is 4.77. The smallest absolute Gasteiger partial charge is 0.247 e. The van der Waals surface area contributed by atoms with Crippen molar-refractivity contribution in [2.24, 2.45) is 5.73 Å². The molecule has 3 nitrogen and oxygen atoms in total. The third kappa shape index (κ3) is 3.02. The predicted octanol–water partition coefficient (Wildman–Crippen LogP) is 3.17. The summed E-state index contributed by atoms with van der Waals surface area (Å²) >= 11 is 0. The van der Waals surface area contributed by atoms with Gasteiger partial charge < -0.3 is 11.1 Å². The number of benzene rings is 2. The Morgan fingerprint density at radius 1 is 1.14 bits per heavy atom. The highest BCUT2D eigenvalue weighted by molar-refractivity contribution is 5.89. The van der Waals surface area contributed by atoms with E-state index in [1.807, 2.05) is 0 Å². The second kappa shape index (κ2) is 5.91. The van der Waals surface area contributed by atoms with Crippen LogP contribution in [0.4, 0.5) is 14.5 Å². The standard InChI is InChI=1S/C16H16F2N2O/c1-2-16(15(19)21,11-4-3-5-13(18)10-11)20-14-8-6-12(17)7-9-14/h3-10,20H,2H2,1H3,(H2,19,21). The largest absolute Gasteiger partial charge is 0.368 e. The number of halogens is 2. The number of nitrogens with two attached hydrogens (primary N) is 1. The van der Waals surface area contributed by atoms with Gasteiger partial charge in [-0.15, -0.1) is 0 Å². The highest BCUT2D eigenvalue weighted by atomic mass is 19.1. The van der Waals surface area contributed by atoms with Crippen LogP contribution in [0.3, 0.4) is 0 Å². The van der Waals surface area contributed by atoms with E-state index in [1.54, 1.807) is 13.0 Å². The summed E-state index contributed by atoms with van der Waals surface area (Å²) in [6.07, 6.45) is 0.323. The van der Waals surface area contributed by atoms with E-state index < -0.39 is 17.3 Å². The second-order valence-electron chi connectivity index (χ2n) is 4.77. The summed E-state index contributed by atoms with van der Waals surface area (Å²) in [4.78, 5) is 12.0. The Hall–Kier alpha value is -2.43. The summed E-state index contributed by atoms with van der Waals surface area (Å²) in [6.45, 7) is 1.77. The summed E-state index contributed by atoms with van der Waals surface area (Å²) in [7, 11) is 0. The molecular weight excluding hydrogens is 274 g/mol. The molecule has 1 amide bonds. The molecule has 2 aromatic rings. The van der Waals surface area contributed by atoms with Crippen LogP contribution in [0.25, 0.3) is 0 Å². The number of hydrogen-bond donors (Lipinski definition) is 2. The van der Waals surface area contributed by atoms with Crippen LogP contribution in [-0.4, -0.2) is 5.91 Å². The Labute approximate surface area is 121 Å². The monoisotopic (exact) mass is 290 g/mol. The fraction of sp³-hybridized carbons (Fsp3) is 0.188. The molecule has 0 saturated heterocycles. The first-order valence-corrected chi connectivity index (χ1v) is 6.57. The van der Waals surface area contributed by atoms with Gasteiger partial charge in [0.2, 0.25) is 5.91 Å². The quantitative estimate of drug-likeness (QED) is 0.888. The fourth-order valence-electron chi connectivity index (χ4n) is 2.28. The average Bonchev–Trinajstić information content (AvgIpc) is 2.46. The zero-order valence-electron chi connectivity index (χ0n) is 11.6. The molecule has 0 spiro atoms. The van der Waals surface area contributed by atoms with Gasteiger partial charge in [-0.2, -0.15) is 0 Å². The van der Waals surface area contributed by atoms with E-state index in [-0.39, 0.29) is 5.82 Å². The van der Waals surface area contributed by atoms with Crippen molar-refractivity contribution < 1.29 is 13.6 Å². The van der Waals surface area contributed by atoms with Crippen molar-refractivity contribution in [1.82, 2.24) is 0 Å². The van der Waals surface area contributed by atoms with Crippen LogP contribution in [0.15, 0.2) is 48.5 Å². The first-order chi connectivity index (χ1) is 9.98. The van der Waals surface area contributed by atoms with Gasteiger partial charge in [0.1, 0.15) is 17.2 Å². The lowest BCUT2D eigenvalue weighted by Gasteiger charge is -2.32. The van der Waals surface area contributed by atoms with Gasteiger partial charge in [0.15, 0.2) is 0 Å². The first kappa shape index (κ1) is 15.0. The van der Waals surface area contributed by atoms with Crippen LogP contribution in [-0.2, 0) is 10.3 Å². The minimum absolute atomic E-state index is 0.323. The van der Waals surface area contributed by atoms with Crippen LogP contribution in [0, 0.1) is 11.6 Å². The van der Waals surface area contributed by atoms with E-state index in [0.29, 0.717) is 17.7 Å². The Bertz CT molecular complexity index is 643. The van der Waals surface area contributed by atoms with Crippen LogP contribution in [0.5, 0.6) is 0 Å². The number of carbonyl (C=O) groups excluding carboxylic acids is 1. The summed E-state index contributed by atoms with van der Waals surface area (Å²) in [5.41, 5.74) is 5.26. The number of primary amides is 1. The van der Waals surface area contributed by atoms with Gasteiger partial charge in [-0.1, -0.05) is 19.1 Å². The van der Waals surface area contributed by atoms with Crippen LogP contribution >= 0.6 is 0 Å². The Kier molecular flexibility index (Phi) is 4.21. The van der Waals surface area contributed by atoms with Crippen molar-refractivity contribution in [3.8, 4) is 0 Å². The van der Waals surface area contributed by atoms with Gasteiger partial charge in [-0.3, -0.25) is 4.79 Å². The van der Waals surface area contributed by atoms with Crippen molar-refractivity contribution in [3.05, 3.63) is 65.7 Å². The normalized spacial score (nSPS) is 13.5. The third-order valence-corrected chi connectivity index (χ3v) is 3.47. The minimum Gasteiger partial charge on any atom is -0.368 e. The van der Waals surface area contributed by atoms with Gasteiger partial charge in [0, 0.05) is 5.69 Å². The molecular formula is C16H16F2N2O. The van der Waals surface area contributed by atoms with Gasteiger partial charge in [-0.25, -0.2) is 8.78 Å². The van der Waals surface area contributed by atoms with Crippen LogP contribution < -0.4 is 11.1 Å². The van der Waals surface area contributed by atoms with Crippen LogP contribution in [0.1, 0.15) is 18.9 Å². The molecule has 0 aliphatic carbocycles. The lowest BCUT2D eigenvalue weighted by Crippen LogP contribution is -2.47. The van der Waals surface area contributed by atoms with Crippen molar-refractivity contribution >= 4 is 11.6 Å². The molecule has 110 valence electrons. The Morgan fingerprint density at radius 2 is 1.81 bits per heavy atom. The molecule has 3 N–H and O–H groups in total. The minimum atomic E-state index is -1.25. The SMILES string of the molecule is CCC(Nc1ccc(F)cc1)(C(N)=O)c1cccc(F)c1. The van der Waals surface area contributed by atoms with E-state index in [2.05, 4.69) is 5.32 Å². The predicted molar refractivity (Wildman–Crippen MR) is 77.6 cm³/mol. The van der Waals surface area contributed by atoms with E-state index >= 15 is 0 Å². The van der Waals surface area contributed by atoms with E-state index in [0.717, 1.165) is 0 Å². The molecule has 0 radical (unpaired) electrons. The Morgan fingerprint density at radius 3 is 2.33 bits per heavy atom. The van der Waals surface area contributed by atoms with Crippen molar-refractivity contribution in [3.63, 3.8) is 0 Å². The molecule has 1 atom stereocenters. The molecule has 5 heteroatoms. The summed E-state index contributed by atoms with van der Waals surface area (Å²) in [5.74, 6) is -1.46. The third-order valence-electron chi connectivity index (χ3n) is 3.47. The number of hydrogen-bond acceptors (Lipinski definition) is 2. The highest BCUT2D eigenvalue weighted by Gasteiger charge is 2.37. The topological polar surface area (TPSA) is 55.1 Å². The molecule has 2 rings (SSSR count). The molecule has 0 fully saturated rings. The molecule has 0 heterocycles. The zero-order valence-corrected chi connectivity index (χ0v) is 11.6. The molecule has 21 heavy (non-hydrogen) atoms. The molecule has 2 aromatic carbocycles. The molecule has 0 aliphatic heterocycles. The number of nitrogens with one attached hydrogen (secondary N) is 1. The highest BCUT2D eigenvalue weighted by Crippen LogP contribution is 2.30. The zero-order chi connectivity index (χ0) is 15.5. The van der Waals surface area contributed by atoms with Crippen molar-refractivity contribution in [1.29, 1.82) is 0 Å². The maximum atomic E-state index is 13.5. The average molecular weight is 290 g/mol. The van der Waals surface area contributed by atoms with E-state index in [4.69, 9.17) is 5.73 Å². The number of anilines is 1. The van der Waals surface area contributed by atoms with E-state index in [1.165, 1.54) is 42.5 Å². The van der Waals surface area contributed by atoms with Crippen LogP contribution in [0.2, 0.25) is 0 Å². The first-order valence-electron chi connectivity index (χ1n) is 6.57. The summed E-state index contributed by atoms with van der Waals surface area (Å²) in [5, 5.41) is 3.00. The fourth-order valence-corrected chi connectivity index (χ4v) is 2.28. The molecule has 0 bridgehead atoms. The maximum Gasteiger partial charge on any atom is 0.247 e. The Balaban J connectivity index is 2.46. The van der Waals surface area contributed by atoms with Gasteiger partial charge >= 0.3 is 0 Å². The number of amides is 1.